The number of nitrogens with zero attached hydrogens (tertiary/aromatic N) is 3. The maximum Gasteiger partial charge on any atom is 0.164 e. The molecule has 0 unspecified atom stereocenters. The van der Waals surface area contributed by atoms with Crippen LogP contribution < -0.4 is 0 Å². The van der Waals surface area contributed by atoms with Crippen LogP contribution in [0.1, 0.15) is 12.3 Å². The van der Waals surface area contributed by atoms with E-state index in [-0.39, 0.29) is 55.7 Å². The fourth-order valence-electron chi connectivity index (χ4n) is 8.06. The predicted molar refractivity (Wildman–Crippen MR) is 250 cm³/mol. The van der Waals surface area contributed by atoms with E-state index in [2.05, 4.69) is 42.5 Å². The molecule has 0 aliphatic rings. The van der Waals surface area contributed by atoms with Crippen LogP contribution in [-0.4, -0.2) is 15.0 Å². The number of hydrogen-bond acceptors (Lipinski definition) is 5. The van der Waals surface area contributed by atoms with Crippen molar-refractivity contribution in [2.24, 2.45) is 0 Å². The van der Waals surface area contributed by atoms with Crippen molar-refractivity contribution in [3.05, 3.63) is 200 Å². The van der Waals surface area contributed by atoms with Crippen LogP contribution in [0, 0.1) is 0 Å². The number of aromatic nitrogens is 3. The van der Waals surface area contributed by atoms with E-state index in [0.29, 0.717) is 11.1 Å². The van der Waals surface area contributed by atoms with Crippen molar-refractivity contribution in [1.29, 1.82) is 0 Å². The summed E-state index contributed by atoms with van der Waals surface area (Å²) in [6, 6.07) is 44.1. The summed E-state index contributed by atoms with van der Waals surface area (Å²) in [6.45, 7) is 0. The Morgan fingerprint density at radius 3 is 1.82 bits per heavy atom. The van der Waals surface area contributed by atoms with Crippen molar-refractivity contribution in [2.45, 2.75) is 0 Å². The van der Waals surface area contributed by atoms with Crippen LogP contribution in [0.3, 0.4) is 0 Å². The van der Waals surface area contributed by atoms with Gasteiger partial charge in [0.15, 0.2) is 17.5 Å². The summed E-state index contributed by atoms with van der Waals surface area (Å²) >= 11 is 1.65. The maximum atomic E-state index is 9.52. The Kier molecular flexibility index (Phi) is 6.13. The third kappa shape index (κ3) is 5.78. The Morgan fingerprint density at radius 2 is 1.07 bits per heavy atom. The average Bonchev–Trinajstić information content (AvgIpc) is 3.97. The van der Waals surface area contributed by atoms with Crippen molar-refractivity contribution >= 4 is 64.2 Å². The van der Waals surface area contributed by atoms with E-state index in [0.717, 1.165) is 53.6 Å². The van der Waals surface area contributed by atoms with Crippen LogP contribution in [0.4, 0.5) is 0 Å². The summed E-state index contributed by atoms with van der Waals surface area (Å²) in [4.78, 5) is 15.3. The van der Waals surface area contributed by atoms with E-state index in [9.17, 15) is 2.74 Å². The molecule has 3 heterocycles. The van der Waals surface area contributed by atoms with E-state index >= 15 is 0 Å². The normalized spacial score (nSPS) is 13.8. The molecule has 0 fully saturated rings. The van der Waals surface area contributed by atoms with Gasteiger partial charge in [0.05, 0.1) is 12.3 Å². The molecule has 0 amide bonds. The van der Waals surface area contributed by atoms with E-state index in [1.807, 2.05) is 103 Å². The molecular formula is C55H33N3OS. The summed E-state index contributed by atoms with van der Waals surface area (Å²) in [7, 11) is 0. The lowest BCUT2D eigenvalue weighted by Gasteiger charge is -2.13. The molecule has 0 saturated heterocycles. The van der Waals surface area contributed by atoms with Crippen LogP contribution in [-0.2, 0) is 0 Å². The minimum atomic E-state index is -0.568. The molecule has 0 aliphatic carbocycles. The van der Waals surface area contributed by atoms with E-state index in [1.165, 1.54) is 0 Å². The summed E-state index contributed by atoms with van der Waals surface area (Å²) in [5, 5.41) is 1.76. The number of furan rings is 1. The maximum absolute atomic E-state index is 9.52. The Hall–Kier alpha value is -7.73. The van der Waals surface area contributed by atoms with Crippen molar-refractivity contribution in [2.75, 3.05) is 0 Å². The van der Waals surface area contributed by atoms with Gasteiger partial charge in [-0.15, -0.1) is 11.3 Å². The monoisotopic (exact) mass is 792 g/mol. The molecule has 12 rings (SSSR count). The first-order valence-corrected chi connectivity index (χ1v) is 20.2. The number of benzene rings is 9. The van der Waals surface area contributed by atoms with Gasteiger partial charge in [-0.3, -0.25) is 0 Å². The first-order valence-electron chi connectivity index (χ1n) is 23.9. The molecule has 0 saturated carbocycles. The highest BCUT2D eigenvalue weighted by molar-refractivity contribution is 7.26. The summed E-state index contributed by atoms with van der Waals surface area (Å²) in [5.41, 5.74) is 6.74. The van der Waals surface area contributed by atoms with Crippen molar-refractivity contribution in [3.8, 4) is 67.5 Å². The second-order valence-corrected chi connectivity index (χ2v) is 15.5. The van der Waals surface area contributed by atoms with Crippen LogP contribution in [0.15, 0.2) is 204 Å². The lowest BCUT2D eigenvalue weighted by Crippen LogP contribution is -2.01. The van der Waals surface area contributed by atoms with E-state index in [1.54, 1.807) is 11.3 Å². The van der Waals surface area contributed by atoms with Gasteiger partial charge in [-0.2, -0.15) is 0 Å². The Bertz CT molecular complexity index is 4070. The highest BCUT2D eigenvalue weighted by Crippen LogP contribution is 2.43. The number of hydrogen-bond donors (Lipinski definition) is 0. The number of thiophene rings is 1. The highest BCUT2D eigenvalue weighted by atomic mass is 32.1. The predicted octanol–water partition coefficient (Wildman–Crippen LogP) is 15.3. The molecule has 0 radical (unpaired) electrons. The van der Waals surface area contributed by atoms with Gasteiger partial charge in [0, 0.05) is 53.0 Å². The zero-order chi connectivity index (χ0) is 47.4. The lowest BCUT2D eigenvalue weighted by molar-refractivity contribution is 0.672. The van der Waals surface area contributed by atoms with Gasteiger partial charge in [-0.1, -0.05) is 158 Å². The summed E-state index contributed by atoms with van der Waals surface area (Å²) < 4.78 is 89.0. The Labute approximate surface area is 362 Å². The molecule has 0 bridgehead atoms. The third-order valence-electron chi connectivity index (χ3n) is 10.9. The SMILES string of the molecule is [2H]c1c([2H])c(-c2nc(-c3cc(-c4ccccc4)cc(-c4ccccc4)c3)nc(-c3ccc4c(c3)sc3cccc(-c5ccccc5)c34)n2)c2c(oc3c4c([2H])c([2H])c([2H])c([2H])c4c([2H])c([2H])c32)c1[2H]. The second-order valence-electron chi connectivity index (χ2n) is 14.5. The van der Waals surface area contributed by atoms with Gasteiger partial charge < -0.3 is 4.42 Å². The van der Waals surface area contributed by atoms with Crippen molar-refractivity contribution < 1.29 is 16.8 Å². The van der Waals surface area contributed by atoms with E-state index in [4.69, 9.17) is 29.0 Å². The minimum Gasteiger partial charge on any atom is -0.455 e. The molecular weight excluding hydrogens is 751 g/mol. The smallest absolute Gasteiger partial charge is 0.164 e. The molecule has 60 heavy (non-hydrogen) atoms. The third-order valence-corrected chi connectivity index (χ3v) is 12.0. The molecule has 5 heteroatoms. The van der Waals surface area contributed by atoms with Crippen molar-refractivity contribution in [1.82, 2.24) is 15.0 Å². The zero-order valence-corrected chi connectivity index (χ0v) is 32.3. The van der Waals surface area contributed by atoms with Crippen LogP contribution in [0.5, 0.6) is 0 Å². The first-order chi connectivity index (χ1) is 33.5. The molecule has 0 spiro atoms. The van der Waals surface area contributed by atoms with Crippen LogP contribution >= 0.6 is 11.3 Å². The van der Waals surface area contributed by atoms with Crippen molar-refractivity contribution in [3.63, 3.8) is 0 Å². The number of rotatable bonds is 6. The van der Waals surface area contributed by atoms with E-state index < -0.39 is 54.4 Å². The van der Waals surface area contributed by atoms with Gasteiger partial charge in [0.1, 0.15) is 11.2 Å². The van der Waals surface area contributed by atoms with Gasteiger partial charge in [0.2, 0.25) is 0 Å². The largest absolute Gasteiger partial charge is 0.455 e. The quantitative estimate of drug-likeness (QED) is 0.168. The fraction of sp³-hybridized carbons (Fsp3) is 0. The number of fused-ring (bicyclic) bond motifs is 8. The molecule has 3 aromatic heterocycles. The average molecular weight is 793 g/mol. The molecule has 0 atom stereocenters. The standard InChI is InChI=1S/C55H33N3OS/c1-4-14-34(15-5-1)39-30-40(35-16-6-2-7-17-35)32-41(31-39)54-56-53(38-27-28-44-49(33-38)60-48-25-13-22-42(51(44)48)36-18-8-3-9-19-36)57-55(58-54)46-23-12-24-47-50(46)45-29-26-37-20-10-11-21-43(37)52(45)59-47/h1-33H/i10D,11D,12D,20D,21D,23D,24D,26D,29D. The summed E-state index contributed by atoms with van der Waals surface area (Å²) in [6.07, 6.45) is 0. The first kappa shape index (κ1) is 26.3. The molecule has 9 aromatic carbocycles. The molecule has 280 valence electrons. The Morgan fingerprint density at radius 1 is 0.400 bits per heavy atom. The topological polar surface area (TPSA) is 51.8 Å². The molecule has 4 nitrogen and oxygen atoms in total. The second kappa shape index (κ2) is 14.0. The summed E-state index contributed by atoms with van der Waals surface area (Å²) in [5.74, 6) is 0.426. The van der Waals surface area contributed by atoms with Gasteiger partial charge >= 0.3 is 0 Å². The van der Waals surface area contributed by atoms with Crippen LogP contribution in [0.25, 0.3) is 120 Å². The van der Waals surface area contributed by atoms with Crippen LogP contribution in [0.2, 0.25) is 0 Å². The Balaban J connectivity index is 1.17. The highest BCUT2D eigenvalue weighted by Gasteiger charge is 2.21. The van der Waals surface area contributed by atoms with Gasteiger partial charge in [-0.25, -0.2) is 15.0 Å². The molecule has 0 aliphatic heterocycles. The minimum absolute atomic E-state index is 0.00308. The lowest BCUT2D eigenvalue weighted by atomic mass is 9.95. The zero-order valence-electron chi connectivity index (χ0n) is 40.5. The van der Waals surface area contributed by atoms with Gasteiger partial charge in [0.25, 0.3) is 0 Å². The fourth-order valence-corrected chi connectivity index (χ4v) is 9.23. The molecule has 0 N–H and O–H groups in total. The molecule has 12 aromatic rings. The van der Waals surface area contributed by atoms with Gasteiger partial charge in [-0.05, 0) is 81.2 Å².